The molecule has 1 rings (SSSR count). The van der Waals surface area contributed by atoms with Crippen LogP contribution in [0.4, 0.5) is 0 Å². The molecule has 21 heavy (non-hydrogen) atoms. The molecule has 0 bridgehead atoms. The van der Waals surface area contributed by atoms with Crippen molar-refractivity contribution in [2.75, 3.05) is 34.2 Å². The number of hydrogen-bond donors (Lipinski definition) is 2. The summed E-state index contributed by atoms with van der Waals surface area (Å²) in [6.45, 7) is 2.26. The van der Waals surface area contributed by atoms with E-state index in [2.05, 4.69) is 34.6 Å². The number of hydrogen-bond acceptors (Lipinski definition) is 2. The summed E-state index contributed by atoms with van der Waals surface area (Å²) in [6, 6.07) is 0.646. The monoisotopic (exact) mass is 410 g/mol. The third-order valence-electron chi connectivity index (χ3n) is 3.99. The summed E-state index contributed by atoms with van der Waals surface area (Å²) in [5.41, 5.74) is 0. The highest BCUT2D eigenvalue weighted by Gasteiger charge is 2.15. The minimum absolute atomic E-state index is 0. The van der Waals surface area contributed by atoms with E-state index < -0.39 is 0 Å². The molecular weight excluding hydrogens is 375 g/mol. The molecule has 4 nitrogen and oxygen atoms in total. The maximum absolute atomic E-state index is 4.31. The van der Waals surface area contributed by atoms with E-state index in [0.717, 1.165) is 12.5 Å². The molecule has 0 unspecified atom stereocenters. The number of nitrogens with zero attached hydrogens (tertiary/aromatic N) is 2. The van der Waals surface area contributed by atoms with Crippen LogP contribution in [-0.2, 0) is 0 Å². The number of unbranched alkanes of at least 4 members (excludes halogenated alkanes) is 4. The summed E-state index contributed by atoms with van der Waals surface area (Å²) < 4.78 is 0. The van der Waals surface area contributed by atoms with E-state index in [1.807, 2.05) is 7.05 Å². The van der Waals surface area contributed by atoms with E-state index >= 15 is 0 Å². The highest BCUT2D eigenvalue weighted by molar-refractivity contribution is 14.0. The van der Waals surface area contributed by atoms with Crippen LogP contribution in [0.15, 0.2) is 4.99 Å². The summed E-state index contributed by atoms with van der Waals surface area (Å²) in [6.07, 6.45) is 11.9. The first-order valence-electron chi connectivity index (χ1n) is 8.34. The van der Waals surface area contributed by atoms with Crippen molar-refractivity contribution >= 4 is 29.9 Å². The Balaban J connectivity index is 0.00000400. The Morgan fingerprint density at radius 3 is 2.29 bits per heavy atom. The average Bonchev–Trinajstić information content (AvgIpc) is 2.93. The van der Waals surface area contributed by atoms with Crippen LogP contribution in [0.2, 0.25) is 0 Å². The van der Waals surface area contributed by atoms with Gasteiger partial charge in [0, 0.05) is 19.6 Å². The zero-order chi connectivity index (χ0) is 14.6. The lowest BCUT2D eigenvalue weighted by Crippen LogP contribution is -2.42. The molecular formula is C16H35IN4. The van der Waals surface area contributed by atoms with Crippen LogP contribution in [-0.4, -0.2) is 51.1 Å². The van der Waals surface area contributed by atoms with Gasteiger partial charge in [0.2, 0.25) is 0 Å². The Hall–Kier alpha value is -0.0400. The first-order chi connectivity index (χ1) is 9.72. The summed E-state index contributed by atoms with van der Waals surface area (Å²) in [4.78, 5) is 6.57. The van der Waals surface area contributed by atoms with E-state index in [0.29, 0.717) is 6.04 Å². The predicted molar refractivity (Wildman–Crippen MR) is 104 cm³/mol. The van der Waals surface area contributed by atoms with Gasteiger partial charge in [0.25, 0.3) is 0 Å². The van der Waals surface area contributed by atoms with Gasteiger partial charge >= 0.3 is 0 Å². The van der Waals surface area contributed by atoms with Crippen LogP contribution in [0.1, 0.15) is 57.8 Å². The zero-order valence-corrected chi connectivity index (χ0v) is 16.5. The zero-order valence-electron chi connectivity index (χ0n) is 14.2. The van der Waals surface area contributed by atoms with Crippen LogP contribution in [0.25, 0.3) is 0 Å². The fourth-order valence-electron chi connectivity index (χ4n) is 2.75. The minimum Gasteiger partial charge on any atom is -0.356 e. The number of aliphatic imine (C=N–C) groups is 1. The van der Waals surface area contributed by atoms with E-state index in [-0.39, 0.29) is 24.0 Å². The van der Waals surface area contributed by atoms with Gasteiger partial charge in [-0.1, -0.05) is 32.1 Å². The van der Waals surface area contributed by atoms with Crippen molar-refractivity contribution in [3.63, 3.8) is 0 Å². The average molecular weight is 410 g/mol. The fourth-order valence-corrected chi connectivity index (χ4v) is 2.75. The van der Waals surface area contributed by atoms with Crippen molar-refractivity contribution in [2.24, 2.45) is 4.99 Å². The first-order valence-corrected chi connectivity index (χ1v) is 8.34. The van der Waals surface area contributed by atoms with Crippen molar-refractivity contribution in [3.05, 3.63) is 0 Å². The van der Waals surface area contributed by atoms with E-state index in [1.54, 1.807) is 0 Å². The van der Waals surface area contributed by atoms with Crippen LogP contribution in [0, 0.1) is 0 Å². The number of guanidine groups is 1. The second-order valence-electron chi connectivity index (χ2n) is 6.20. The maximum atomic E-state index is 4.31. The lowest BCUT2D eigenvalue weighted by Gasteiger charge is -2.16. The summed E-state index contributed by atoms with van der Waals surface area (Å²) in [5.74, 6) is 0.990. The molecule has 1 fully saturated rings. The van der Waals surface area contributed by atoms with Gasteiger partial charge in [-0.25, -0.2) is 0 Å². The van der Waals surface area contributed by atoms with Crippen LogP contribution in [0.3, 0.4) is 0 Å². The third kappa shape index (κ3) is 11.2. The number of halogens is 1. The molecule has 0 aromatic rings. The Morgan fingerprint density at radius 1 is 1.05 bits per heavy atom. The molecule has 126 valence electrons. The van der Waals surface area contributed by atoms with Gasteiger partial charge in [-0.05, 0) is 46.3 Å². The van der Waals surface area contributed by atoms with Crippen molar-refractivity contribution in [3.8, 4) is 0 Å². The molecule has 0 aromatic carbocycles. The lowest BCUT2D eigenvalue weighted by atomic mass is 10.1. The van der Waals surface area contributed by atoms with Crippen molar-refractivity contribution < 1.29 is 0 Å². The topological polar surface area (TPSA) is 39.7 Å². The van der Waals surface area contributed by atoms with Gasteiger partial charge in [-0.15, -0.1) is 24.0 Å². The second kappa shape index (κ2) is 13.6. The van der Waals surface area contributed by atoms with Crippen LogP contribution >= 0.6 is 24.0 Å². The molecule has 1 aliphatic carbocycles. The van der Waals surface area contributed by atoms with Gasteiger partial charge in [0.1, 0.15) is 0 Å². The van der Waals surface area contributed by atoms with Crippen molar-refractivity contribution in [2.45, 2.75) is 63.8 Å². The third-order valence-corrected chi connectivity index (χ3v) is 3.99. The normalized spacial score (nSPS) is 16.1. The van der Waals surface area contributed by atoms with Gasteiger partial charge in [0.15, 0.2) is 5.96 Å². The molecule has 0 amide bonds. The fraction of sp³-hybridized carbons (Fsp3) is 0.938. The van der Waals surface area contributed by atoms with E-state index in [4.69, 9.17) is 0 Å². The van der Waals surface area contributed by atoms with Crippen LogP contribution in [0.5, 0.6) is 0 Å². The second-order valence-corrected chi connectivity index (χ2v) is 6.20. The molecule has 1 saturated carbocycles. The Labute approximate surface area is 148 Å². The Kier molecular flexibility index (Phi) is 13.6. The smallest absolute Gasteiger partial charge is 0.191 e. The lowest BCUT2D eigenvalue weighted by molar-refractivity contribution is 0.389. The summed E-state index contributed by atoms with van der Waals surface area (Å²) >= 11 is 0. The minimum atomic E-state index is 0. The molecule has 0 heterocycles. The number of rotatable bonds is 9. The SMILES string of the molecule is CN=C(NCCCCCCCN(C)C)NC1CCCC1.I. The van der Waals surface area contributed by atoms with E-state index in [9.17, 15) is 0 Å². The number of nitrogens with one attached hydrogen (secondary N) is 2. The molecule has 0 saturated heterocycles. The van der Waals surface area contributed by atoms with E-state index in [1.165, 1.54) is 64.3 Å². The first kappa shape index (κ1) is 21.0. The van der Waals surface area contributed by atoms with Gasteiger partial charge < -0.3 is 15.5 Å². The predicted octanol–water partition coefficient (Wildman–Crippen LogP) is 3.22. The molecule has 5 heteroatoms. The highest BCUT2D eigenvalue weighted by atomic mass is 127. The maximum Gasteiger partial charge on any atom is 0.191 e. The molecule has 1 aliphatic rings. The standard InChI is InChI=1S/C16H34N4.HI/c1-17-16(19-15-11-7-8-12-15)18-13-9-5-4-6-10-14-20(2)3;/h15H,4-14H2,1-3H3,(H2,17,18,19);1H. The van der Waals surface area contributed by atoms with Gasteiger partial charge in [-0.3, -0.25) is 4.99 Å². The highest BCUT2D eigenvalue weighted by Crippen LogP contribution is 2.17. The summed E-state index contributed by atoms with van der Waals surface area (Å²) in [7, 11) is 6.16. The molecule has 0 aromatic heterocycles. The largest absolute Gasteiger partial charge is 0.356 e. The molecule has 0 spiro atoms. The molecule has 2 N–H and O–H groups in total. The van der Waals surface area contributed by atoms with Gasteiger partial charge in [-0.2, -0.15) is 0 Å². The Morgan fingerprint density at radius 2 is 1.67 bits per heavy atom. The van der Waals surface area contributed by atoms with Crippen LogP contribution < -0.4 is 10.6 Å². The molecule has 0 atom stereocenters. The Bertz CT molecular complexity index is 263. The van der Waals surface area contributed by atoms with Crippen molar-refractivity contribution in [1.29, 1.82) is 0 Å². The van der Waals surface area contributed by atoms with Gasteiger partial charge in [0.05, 0.1) is 0 Å². The molecule has 0 radical (unpaired) electrons. The quantitative estimate of drug-likeness (QED) is 0.265. The summed E-state index contributed by atoms with van der Waals surface area (Å²) in [5, 5.41) is 6.96. The van der Waals surface area contributed by atoms with Crippen molar-refractivity contribution in [1.82, 2.24) is 15.5 Å². The molecule has 0 aliphatic heterocycles.